The van der Waals surface area contributed by atoms with Crippen LogP contribution in [-0.4, -0.2) is 141 Å². The van der Waals surface area contributed by atoms with Gasteiger partial charge >= 0.3 is 0 Å². The van der Waals surface area contributed by atoms with Crippen molar-refractivity contribution in [3.63, 3.8) is 0 Å². The first-order valence-corrected chi connectivity index (χ1v) is 34.7. The number of rotatable bonds is 24. The van der Waals surface area contributed by atoms with E-state index < -0.39 is 0 Å². The van der Waals surface area contributed by atoms with E-state index in [-0.39, 0.29) is 0 Å². The summed E-state index contributed by atoms with van der Waals surface area (Å²) in [6.45, 7) is 0. The quantitative estimate of drug-likeness (QED) is 0.0508. The Kier molecular flexibility index (Phi) is 29.2. The van der Waals surface area contributed by atoms with Gasteiger partial charge in [0.15, 0.2) is 61.9 Å². The zero-order valence-electron chi connectivity index (χ0n) is 58.1. The van der Waals surface area contributed by atoms with Crippen molar-refractivity contribution in [2.75, 3.05) is 85.3 Å². The van der Waals surface area contributed by atoms with Gasteiger partial charge in [0.05, 0.1) is 103 Å². The van der Waals surface area contributed by atoms with Crippen molar-refractivity contribution >= 4 is 69.9 Å². The number of nitriles is 1. The minimum absolute atomic E-state index is 0.433. The Morgan fingerprint density at radius 1 is 0.365 bits per heavy atom. The van der Waals surface area contributed by atoms with Crippen LogP contribution in [0.1, 0.15) is 5.56 Å². The molecule has 8 aromatic carbocycles. The molecule has 0 aliphatic carbocycles. The summed E-state index contributed by atoms with van der Waals surface area (Å²) in [5.74, 6) is 7.43. The molecule has 13 aromatic rings. The van der Waals surface area contributed by atoms with E-state index in [1.54, 1.807) is 133 Å². The van der Waals surface area contributed by atoms with Crippen molar-refractivity contribution in [2.45, 2.75) is 50.4 Å². The Labute approximate surface area is 620 Å². The highest BCUT2D eigenvalue weighted by atomic mass is 32.2. The average Bonchev–Trinajstić information content (AvgIpc) is 1.36. The van der Waals surface area contributed by atoms with E-state index in [0.717, 1.165) is 46.8 Å². The van der Waals surface area contributed by atoms with E-state index in [1.807, 2.05) is 152 Å². The van der Waals surface area contributed by atoms with Gasteiger partial charge in [0.2, 0.25) is 34.0 Å². The summed E-state index contributed by atoms with van der Waals surface area (Å²) in [6, 6.07) is 54.8. The summed E-state index contributed by atoms with van der Waals surface area (Å²) in [5.41, 5.74) is 4.00. The first-order chi connectivity index (χ1) is 50.9. The number of benzene rings is 8. The fraction of sp³-hybridized carbons (Fsp3) is 0.164. The Hall–Kier alpha value is -11.6. The van der Waals surface area contributed by atoms with Crippen LogP contribution in [0.25, 0.3) is 28.2 Å². The lowest BCUT2D eigenvalue weighted by Gasteiger charge is -2.13. The highest BCUT2D eigenvalue weighted by Gasteiger charge is 2.21. The fourth-order valence-corrected chi connectivity index (χ4v) is 13.0. The molecule has 5 heterocycles. The molecule has 0 radical (unpaired) electrons. The largest absolute Gasteiger partial charge is 0.493 e. The predicted molar refractivity (Wildman–Crippen MR) is 393 cm³/mol. The van der Waals surface area contributed by atoms with Crippen LogP contribution < -0.4 is 56.8 Å². The third-order valence-corrected chi connectivity index (χ3v) is 18.1. The standard InChI is InChI=1S/C17H16N2O4S.C16H16N4O3S.C16H15NO4S.C13H14N2O3S.C11H7N3S/c1-20-13-9-12(10-14(21-2)15(13)22-3)24-17-19-18-16(23-17)11-7-5-4-6-8-11;1-21-13-9-12(10-14(22-2)15(13)23-3)24-16-17-18-19-20(16)11-7-5-4-6-8-11;1-18-13-8-10(9-14(19-2)15(13)20-3)22-16-17-11-6-4-5-7-12(11)21-16;1-16-10-7-9(8-11(17-2)12(10)18-3)19-13-14-5-4-6-15-13;12-8-9-3-1-4-10(7-9)15-11-13-5-2-6-14-11/h2*4-10H,1-3H3;4-9H,1-3H3;4-8H,1-3H3;1-7H. The van der Waals surface area contributed by atoms with Gasteiger partial charge < -0.3 is 65.7 Å². The summed E-state index contributed by atoms with van der Waals surface area (Å²) in [5, 5.41) is 31.8. The smallest absolute Gasteiger partial charge is 0.281 e. The molecule has 13 rings (SSSR count). The minimum Gasteiger partial charge on any atom is -0.493 e. The molecule has 0 atom stereocenters. The maximum atomic E-state index is 8.74. The highest BCUT2D eigenvalue weighted by molar-refractivity contribution is 8.00. The molecule has 0 N–H and O–H groups in total. The molecule has 0 unspecified atom stereocenters. The number of ether oxygens (including phenoxy) is 12. The van der Waals surface area contributed by atoms with Gasteiger partial charge in [-0.25, -0.2) is 24.9 Å². The topological polar surface area (TPSA) is 295 Å². The van der Waals surface area contributed by atoms with E-state index in [9.17, 15) is 0 Å². The lowest BCUT2D eigenvalue weighted by molar-refractivity contribution is 0.323. The van der Waals surface area contributed by atoms with Gasteiger partial charge in [-0.2, -0.15) is 9.94 Å². The number of para-hydroxylation sites is 3. The van der Waals surface area contributed by atoms with Crippen molar-refractivity contribution < 1.29 is 65.7 Å². The molecule has 26 nitrogen and oxygen atoms in total. The van der Waals surface area contributed by atoms with E-state index in [1.165, 1.54) is 58.8 Å². The molecule has 31 heteroatoms. The monoisotopic (exact) mass is 1500 g/mol. The van der Waals surface area contributed by atoms with E-state index in [4.69, 9.17) is 70.9 Å². The summed E-state index contributed by atoms with van der Waals surface area (Å²) < 4.78 is 77.1. The molecule has 0 saturated heterocycles. The van der Waals surface area contributed by atoms with Crippen LogP contribution in [-0.2, 0) is 0 Å². The first-order valence-electron chi connectivity index (χ1n) is 30.6. The maximum Gasteiger partial charge on any atom is 0.281 e. The van der Waals surface area contributed by atoms with Gasteiger partial charge in [0, 0.05) is 54.8 Å². The van der Waals surface area contributed by atoms with Crippen molar-refractivity contribution in [3.8, 4) is 92.2 Å². The Balaban J connectivity index is 0.000000152. The van der Waals surface area contributed by atoms with E-state index >= 15 is 0 Å². The Morgan fingerprint density at radius 3 is 1.22 bits per heavy atom. The Morgan fingerprint density at radius 2 is 0.779 bits per heavy atom. The summed E-state index contributed by atoms with van der Waals surface area (Å²) in [7, 11) is 19.0. The number of hydrogen-bond acceptors (Lipinski definition) is 30. The van der Waals surface area contributed by atoms with Crippen LogP contribution in [0.3, 0.4) is 0 Å². The summed E-state index contributed by atoms with van der Waals surface area (Å²) in [6.07, 6.45) is 6.80. The van der Waals surface area contributed by atoms with Gasteiger partial charge in [-0.15, -0.1) is 15.3 Å². The third-order valence-electron chi connectivity index (χ3n) is 13.8. The molecule has 0 aliphatic rings. The van der Waals surface area contributed by atoms with Crippen molar-refractivity contribution in [3.05, 3.63) is 200 Å². The number of fused-ring (bicyclic) bond motifs is 1. The molecular formula is C73H68N12O14S5. The van der Waals surface area contributed by atoms with Gasteiger partial charge in [0.25, 0.3) is 10.4 Å². The van der Waals surface area contributed by atoms with Gasteiger partial charge in [-0.1, -0.05) is 54.6 Å². The number of nitrogens with zero attached hydrogens (tertiary/aromatic N) is 12. The Bertz CT molecular complexity index is 4760. The summed E-state index contributed by atoms with van der Waals surface area (Å²) >= 11 is 7.00. The molecule has 0 aliphatic heterocycles. The van der Waals surface area contributed by atoms with Crippen LogP contribution >= 0.6 is 58.8 Å². The molecule has 0 amide bonds. The molecule has 534 valence electrons. The SMILES string of the molecule is COc1cc(Sc2nc3ccccc3o2)cc(OC)c1OC.COc1cc(Sc2ncccn2)cc(OC)c1OC.COc1cc(Sc2nnc(-c3ccccc3)o2)cc(OC)c1OC.COc1cc(Sc2nnnn2-c2ccccc2)cc(OC)c1OC.N#Cc1cccc(Sc2ncccn2)c1. The van der Waals surface area contributed by atoms with Crippen molar-refractivity contribution in [2.24, 2.45) is 0 Å². The van der Waals surface area contributed by atoms with Crippen LogP contribution in [0.2, 0.25) is 0 Å². The average molecular weight is 1500 g/mol. The summed E-state index contributed by atoms with van der Waals surface area (Å²) in [4.78, 5) is 25.5. The van der Waals surface area contributed by atoms with E-state index in [0.29, 0.717) is 106 Å². The van der Waals surface area contributed by atoms with Crippen molar-refractivity contribution in [1.29, 1.82) is 5.26 Å². The minimum atomic E-state index is 0.433. The van der Waals surface area contributed by atoms with Crippen LogP contribution in [0.15, 0.2) is 254 Å². The van der Waals surface area contributed by atoms with Gasteiger partial charge in [-0.05, 0) is 184 Å². The van der Waals surface area contributed by atoms with Gasteiger partial charge in [-0.3, -0.25) is 0 Å². The van der Waals surface area contributed by atoms with Crippen LogP contribution in [0.4, 0.5) is 0 Å². The second kappa shape index (κ2) is 39.6. The fourth-order valence-electron chi connectivity index (χ4n) is 9.10. The zero-order chi connectivity index (χ0) is 73.6. The molecule has 104 heavy (non-hydrogen) atoms. The van der Waals surface area contributed by atoms with Crippen LogP contribution in [0, 0.1) is 11.3 Å². The maximum absolute atomic E-state index is 8.74. The first kappa shape index (κ1) is 76.6. The number of oxazole rings is 1. The third kappa shape index (κ3) is 20.8. The lowest BCUT2D eigenvalue weighted by atomic mass is 10.2. The predicted octanol–water partition coefficient (Wildman–Crippen LogP) is 15.9. The second-order valence-electron chi connectivity index (χ2n) is 20.1. The highest BCUT2D eigenvalue weighted by Crippen LogP contribution is 2.46. The normalized spacial score (nSPS) is 10.3. The van der Waals surface area contributed by atoms with E-state index in [2.05, 4.69) is 56.7 Å². The number of tetrazole rings is 1. The van der Waals surface area contributed by atoms with Crippen molar-refractivity contribution in [1.82, 2.24) is 55.3 Å². The molecule has 0 saturated carbocycles. The number of methoxy groups -OCH3 is 12. The van der Waals surface area contributed by atoms with Crippen LogP contribution in [0.5, 0.6) is 69.0 Å². The molecule has 0 bridgehead atoms. The second-order valence-corrected chi connectivity index (χ2v) is 25.2. The molecule has 5 aromatic heterocycles. The number of hydrogen-bond donors (Lipinski definition) is 0. The molecule has 0 spiro atoms. The lowest BCUT2D eigenvalue weighted by Crippen LogP contribution is -1.99. The molecule has 0 fully saturated rings. The number of aromatic nitrogens is 11. The molecular weight excluding hydrogens is 1430 g/mol. The zero-order valence-corrected chi connectivity index (χ0v) is 62.2. The van der Waals surface area contributed by atoms with Gasteiger partial charge in [0.1, 0.15) is 5.52 Å².